The highest BCUT2D eigenvalue weighted by molar-refractivity contribution is 7.32. The Morgan fingerprint density at radius 1 is 1.57 bits per heavy atom. The minimum atomic E-state index is -3.33. The van der Waals surface area contributed by atoms with Gasteiger partial charge in [0.1, 0.15) is 11.9 Å². The number of ether oxygens (including phenoxy) is 1. The Bertz CT molecular complexity index is 563. The minimum Gasteiger partial charge on any atom is -0.390 e. The Morgan fingerprint density at radius 3 is 2.67 bits per heavy atom. The van der Waals surface area contributed by atoms with E-state index in [-0.39, 0.29) is 12.2 Å². The van der Waals surface area contributed by atoms with Crippen molar-refractivity contribution in [3.63, 3.8) is 0 Å². The lowest BCUT2D eigenvalue weighted by Gasteiger charge is -2.29. The van der Waals surface area contributed by atoms with Gasteiger partial charge in [-0.3, -0.25) is 13.7 Å². The second-order valence-corrected chi connectivity index (χ2v) is 5.22. The van der Waals surface area contributed by atoms with Gasteiger partial charge in [-0.2, -0.15) is 4.98 Å². The molecule has 0 spiro atoms. The summed E-state index contributed by atoms with van der Waals surface area (Å²) in [4.78, 5) is 24.5. The number of anilines is 1. The van der Waals surface area contributed by atoms with E-state index in [1.54, 1.807) is 13.8 Å². The fourth-order valence-electron chi connectivity index (χ4n) is 1.84. The van der Waals surface area contributed by atoms with Crippen LogP contribution in [0.1, 0.15) is 25.1 Å². The molecule has 0 aromatic carbocycles. The molecule has 1 aromatic heterocycles. The lowest BCUT2D eigenvalue weighted by Crippen LogP contribution is -2.41. The van der Waals surface area contributed by atoms with E-state index in [1.807, 2.05) is 0 Å². The van der Waals surface area contributed by atoms with Crippen molar-refractivity contribution in [3.05, 3.63) is 22.2 Å². The van der Waals surface area contributed by atoms with E-state index in [2.05, 4.69) is 4.98 Å². The molecule has 4 N–H and O–H groups in total. The maximum Gasteiger partial charge on any atom is 0.351 e. The number of methoxy groups -OCH3 is 1. The molecule has 1 rings (SSSR count). The van der Waals surface area contributed by atoms with Crippen molar-refractivity contribution in [1.29, 1.82) is 0 Å². The van der Waals surface area contributed by atoms with Crippen molar-refractivity contribution in [2.75, 3.05) is 12.8 Å². The van der Waals surface area contributed by atoms with Gasteiger partial charge in [0.05, 0.1) is 6.10 Å². The third-order valence-electron chi connectivity index (χ3n) is 3.00. The Kier molecular flexibility index (Phi) is 6.50. The van der Waals surface area contributed by atoms with Gasteiger partial charge in [-0.1, -0.05) is 6.92 Å². The molecular weight excluding hydrogens is 301 g/mol. The van der Waals surface area contributed by atoms with E-state index in [0.717, 1.165) is 4.57 Å². The first-order valence-electron chi connectivity index (χ1n) is 6.27. The quantitative estimate of drug-likeness (QED) is 0.588. The highest BCUT2D eigenvalue weighted by atomic mass is 31.1. The molecule has 0 aliphatic heterocycles. The van der Waals surface area contributed by atoms with E-state index in [0.29, 0.717) is 5.56 Å². The smallest absolute Gasteiger partial charge is 0.351 e. The number of aromatic nitrogens is 2. The van der Waals surface area contributed by atoms with Crippen molar-refractivity contribution in [3.8, 4) is 0 Å². The summed E-state index contributed by atoms with van der Waals surface area (Å²) in [5.41, 5.74) is 5.36. The van der Waals surface area contributed by atoms with Crippen molar-refractivity contribution >= 4 is 14.1 Å². The standard InChI is InChI=1S/C11H20N3O6P/c1-4-7(15)8(20-21(17)18)10(19-3)14-5-6(2)9(12)13-11(14)16/h5,7-8,10,15,21H,4H2,1-3H3,(H,17,18)(H2,12,13,16)/t7-,8?,10?/m1/s1. The molecule has 9 nitrogen and oxygen atoms in total. The summed E-state index contributed by atoms with van der Waals surface area (Å²) in [7, 11) is -2.04. The zero-order valence-electron chi connectivity index (χ0n) is 12.0. The summed E-state index contributed by atoms with van der Waals surface area (Å²) < 4.78 is 22.0. The van der Waals surface area contributed by atoms with Gasteiger partial charge in [0.2, 0.25) is 0 Å². The summed E-state index contributed by atoms with van der Waals surface area (Å²) in [5, 5.41) is 9.95. The fraction of sp³-hybridized carbons (Fsp3) is 0.636. The predicted molar refractivity (Wildman–Crippen MR) is 76.1 cm³/mol. The van der Waals surface area contributed by atoms with Gasteiger partial charge in [-0.25, -0.2) is 4.79 Å². The van der Waals surface area contributed by atoms with Crippen LogP contribution >= 0.6 is 8.25 Å². The molecule has 0 aliphatic carbocycles. The lowest BCUT2D eigenvalue weighted by molar-refractivity contribution is -0.0994. The molecule has 0 saturated heterocycles. The fourth-order valence-corrected chi connectivity index (χ4v) is 2.35. The molecule has 0 aliphatic rings. The topological polar surface area (TPSA) is 137 Å². The van der Waals surface area contributed by atoms with Crippen molar-refractivity contribution < 1.29 is 23.8 Å². The van der Waals surface area contributed by atoms with Gasteiger partial charge in [0.25, 0.3) is 0 Å². The van der Waals surface area contributed by atoms with Gasteiger partial charge in [-0.05, 0) is 13.3 Å². The van der Waals surface area contributed by atoms with Crippen LogP contribution in [-0.2, 0) is 13.8 Å². The molecule has 3 unspecified atom stereocenters. The first-order chi connectivity index (χ1) is 9.81. The Labute approximate surface area is 122 Å². The maximum atomic E-state index is 11.9. The van der Waals surface area contributed by atoms with E-state index in [1.165, 1.54) is 13.3 Å². The molecular formula is C11H20N3O6P. The van der Waals surface area contributed by atoms with Gasteiger partial charge < -0.3 is 20.5 Å². The average molecular weight is 321 g/mol. The van der Waals surface area contributed by atoms with Crippen LogP contribution in [0, 0.1) is 6.92 Å². The number of nitrogens with two attached hydrogens (primary N) is 1. The second kappa shape index (κ2) is 7.67. The molecule has 0 saturated carbocycles. The normalized spacial score (nSPS) is 17.2. The van der Waals surface area contributed by atoms with Gasteiger partial charge in [0, 0.05) is 18.9 Å². The SMILES string of the molecule is CC[C@@H](O)C(O[PH](=O)O)C(OC)n1cc(C)c(N)nc1=O. The molecule has 1 aromatic rings. The lowest BCUT2D eigenvalue weighted by atomic mass is 10.1. The van der Waals surface area contributed by atoms with E-state index in [4.69, 9.17) is 19.9 Å². The zero-order chi connectivity index (χ0) is 16.2. The van der Waals surface area contributed by atoms with E-state index >= 15 is 0 Å². The second-order valence-electron chi connectivity index (χ2n) is 4.45. The number of nitrogens with zero attached hydrogens (tertiary/aromatic N) is 2. The third-order valence-corrected chi connectivity index (χ3v) is 3.48. The summed E-state index contributed by atoms with van der Waals surface area (Å²) >= 11 is 0. The van der Waals surface area contributed by atoms with Crippen LogP contribution in [-0.4, -0.2) is 38.9 Å². The summed E-state index contributed by atoms with van der Waals surface area (Å²) in [6.07, 6.45) is -1.76. The predicted octanol–water partition coefficient (Wildman–Crippen LogP) is -0.183. The van der Waals surface area contributed by atoms with Crippen molar-refractivity contribution in [1.82, 2.24) is 9.55 Å². The van der Waals surface area contributed by atoms with Gasteiger partial charge >= 0.3 is 13.9 Å². The summed E-state index contributed by atoms with van der Waals surface area (Å²) in [6.45, 7) is 3.31. The van der Waals surface area contributed by atoms with Crippen LogP contribution in [0.3, 0.4) is 0 Å². The highest BCUT2D eigenvalue weighted by Crippen LogP contribution is 2.28. The van der Waals surface area contributed by atoms with Crippen LogP contribution in [0.4, 0.5) is 5.82 Å². The molecule has 120 valence electrons. The number of aryl methyl sites for hydroxylation is 1. The molecule has 0 fully saturated rings. The first-order valence-corrected chi connectivity index (χ1v) is 7.53. The number of aliphatic hydroxyl groups excluding tert-OH is 1. The van der Waals surface area contributed by atoms with Crippen LogP contribution in [0.5, 0.6) is 0 Å². The van der Waals surface area contributed by atoms with Gasteiger partial charge in [0.15, 0.2) is 6.23 Å². The molecule has 21 heavy (non-hydrogen) atoms. The van der Waals surface area contributed by atoms with Crippen LogP contribution in [0.25, 0.3) is 0 Å². The van der Waals surface area contributed by atoms with E-state index < -0.39 is 32.4 Å². The molecule has 0 amide bonds. The summed E-state index contributed by atoms with van der Waals surface area (Å²) in [5.74, 6) is 0.0790. The first kappa shape index (κ1) is 17.8. The molecule has 4 atom stereocenters. The van der Waals surface area contributed by atoms with E-state index in [9.17, 15) is 14.5 Å². The monoisotopic (exact) mass is 321 g/mol. The molecule has 1 heterocycles. The highest BCUT2D eigenvalue weighted by Gasteiger charge is 2.32. The zero-order valence-corrected chi connectivity index (χ0v) is 13.0. The van der Waals surface area contributed by atoms with Crippen molar-refractivity contribution in [2.45, 2.75) is 38.7 Å². The minimum absolute atomic E-state index is 0.0790. The molecule has 10 heteroatoms. The molecule has 0 bridgehead atoms. The largest absolute Gasteiger partial charge is 0.390 e. The van der Waals surface area contributed by atoms with Gasteiger partial charge in [-0.15, -0.1) is 0 Å². The Balaban J connectivity index is 3.28. The number of nitrogen functional groups attached to an aromatic ring is 1. The van der Waals surface area contributed by atoms with Crippen LogP contribution < -0.4 is 11.4 Å². The number of rotatable bonds is 7. The molecule has 0 radical (unpaired) electrons. The van der Waals surface area contributed by atoms with Crippen molar-refractivity contribution in [2.24, 2.45) is 0 Å². The Hall–Kier alpha value is -1.25. The van der Waals surface area contributed by atoms with Crippen LogP contribution in [0.2, 0.25) is 0 Å². The summed E-state index contributed by atoms with van der Waals surface area (Å²) in [6, 6.07) is 0. The average Bonchev–Trinajstić information content (AvgIpc) is 2.42. The number of hydrogen-bond acceptors (Lipinski definition) is 7. The maximum absolute atomic E-state index is 11.9. The third kappa shape index (κ3) is 4.36. The number of aliphatic hydroxyl groups is 1. The Morgan fingerprint density at radius 2 is 2.19 bits per heavy atom. The number of hydrogen-bond donors (Lipinski definition) is 3. The van der Waals surface area contributed by atoms with Crippen LogP contribution in [0.15, 0.2) is 11.0 Å².